The summed E-state index contributed by atoms with van der Waals surface area (Å²) in [6.45, 7) is 0. The summed E-state index contributed by atoms with van der Waals surface area (Å²) in [5.41, 5.74) is 1.88. The van der Waals surface area contributed by atoms with Crippen molar-refractivity contribution >= 4 is 23.4 Å². The summed E-state index contributed by atoms with van der Waals surface area (Å²) in [5.74, 6) is 6.73. The number of rotatable bonds is 8. The first kappa shape index (κ1) is 22.3. The van der Waals surface area contributed by atoms with E-state index in [1.807, 2.05) is 30.3 Å². The van der Waals surface area contributed by atoms with Crippen LogP contribution in [-0.4, -0.2) is 27.9 Å². The molecule has 168 valence electrons. The number of aromatic nitrogens is 3. The number of thioether (sulfide) groups is 1. The van der Waals surface area contributed by atoms with Gasteiger partial charge in [-0.2, -0.15) is 0 Å². The molecule has 0 fully saturated rings. The predicted octanol–water partition coefficient (Wildman–Crippen LogP) is 4.20. The first-order valence-electron chi connectivity index (χ1n) is 10.1. The fraction of sp³-hybridized carbons (Fsp3) is 0.125. The topological polar surface area (TPSA) is 95.1 Å². The number of halogens is 1. The first-order chi connectivity index (χ1) is 16.0. The number of ether oxygens (including phenoxy) is 1. The van der Waals surface area contributed by atoms with Crippen LogP contribution in [0.15, 0.2) is 84.0 Å². The van der Waals surface area contributed by atoms with Crippen LogP contribution < -0.4 is 15.9 Å². The molecule has 0 spiro atoms. The Morgan fingerprint density at radius 3 is 2.45 bits per heavy atom. The Morgan fingerprint density at radius 1 is 1.06 bits per heavy atom. The number of carbonyl (C=O) groups is 1. The van der Waals surface area contributed by atoms with Gasteiger partial charge in [0, 0.05) is 12.1 Å². The van der Waals surface area contributed by atoms with Crippen molar-refractivity contribution in [1.82, 2.24) is 14.9 Å². The molecular formula is C24H22FN5O2S. The van der Waals surface area contributed by atoms with Crippen LogP contribution in [0.5, 0.6) is 5.75 Å². The van der Waals surface area contributed by atoms with Crippen LogP contribution in [0.25, 0.3) is 0 Å². The van der Waals surface area contributed by atoms with Gasteiger partial charge in [0.1, 0.15) is 16.8 Å². The Morgan fingerprint density at radius 2 is 1.76 bits per heavy atom. The minimum Gasteiger partial charge on any atom is -0.497 e. The number of hydrogen-bond donors (Lipinski definition) is 2. The fourth-order valence-electron chi connectivity index (χ4n) is 3.21. The van der Waals surface area contributed by atoms with E-state index < -0.39 is 5.25 Å². The number of anilines is 1. The second kappa shape index (κ2) is 10.2. The van der Waals surface area contributed by atoms with Crippen LogP contribution in [0.2, 0.25) is 0 Å². The standard InChI is InChI=1S/C24H22FN5O2S/c1-32-19-13-11-18(12-14-19)27-23(31)22(16-7-3-2-4-8-16)33-24-29-28-21(30(24)26)15-17-9-5-6-10-20(17)25/h2-14,22H,15,26H2,1H3,(H,27,31)/t22-/m0/s1. The number of nitrogens with zero attached hydrogens (tertiary/aromatic N) is 3. The number of nitrogens with one attached hydrogen (secondary N) is 1. The Bertz CT molecular complexity index is 1230. The average molecular weight is 464 g/mol. The fourth-order valence-corrected chi connectivity index (χ4v) is 4.19. The zero-order chi connectivity index (χ0) is 23.2. The molecule has 0 saturated heterocycles. The molecule has 0 bridgehead atoms. The number of amides is 1. The van der Waals surface area contributed by atoms with Gasteiger partial charge in [-0.1, -0.05) is 60.3 Å². The summed E-state index contributed by atoms with van der Waals surface area (Å²) >= 11 is 1.17. The quantitative estimate of drug-likeness (QED) is 0.300. The van der Waals surface area contributed by atoms with Crippen LogP contribution in [0.3, 0.4) is 0 Å². The van der Waals surface area contributed by atoms with Gasteiger partial charge >= 0.3 is 0 Å². The number of nitrogen functional groups attached to an aromatic ring is 1. The first-order valence-corrected chi connectivity index (χ1v) is 11.0. The molecule has 1 atom stereocenters. The number of nitrogens with two attached hydrogens (primary N) is 1. The van der Waals surface area contributed by atoms with Crippen molar-refractivity contribution < 1.29 is 13.9 Å². The zero-order valence-corrected chi connectivity index (χ0v) is 18.6. The lowest BCUT2D eigenvalue weighted by molar-refractivity contribution is -0.115. The van der Waals surface area contributed by atoms with Gasteiger partial charge in [-0.25, -0.2) is 9.07 Å². The van der Waals surface area contributed by atoms with Crippen molar-refractivity contribution in [3.63, 3.8) is 0 Å². The Labute approximate surface area is 194 Å². The third-order valence-corrected chi connectivity index (χ3v) is 6.17. The molecule has 1 amide bonds. The minimum absolute atomic E-state index is 0.185. The third-order valence-electron chi connectivity index (χ3n) is 4.96. The van der Waals surface area contributed by atoms with E-state index in [2.05, 4.69) is 15.5 Å². The van der Waals surface area contributed by atoms with E-state index in [9.17, 15) is 9.18 Å². The summed E-state index contributed by atoms with van der Waals surface area (Å²) in [6.07, 6.45) is 0.185. The molecule has 33 heavy (non-hydrogen) atoms. The maximum atomic E-state index is 14.0. The van der Waals surface area contributed by atoms with Gasteiger partial charge < -0.3 is 15.9 Å². The van der Waals surface area contributed by atoms with E-state index >= 15 is 0 Å². The maximum absolute atomic E-state index is 14.0. The number of carbonyl (C=O) groups excluding carboxylic acids is 1. The van der Waals surface area contributed by atoms with Crippen LogP contribution >= 0.6 is 11.8 Å². The summed E-state index contributed by atoms with van der Waals surface area (Å²) < 4.78 is 20.5. The highest BCUT2D eigenvalue weighted by molar-refractivity contribution is 8.00. The summed E-state index contributed by atoms with van der Waals surface area (Å²) in [6, 6.07) is 22.8. The SMILES string of the molecule is COc1ccc(NC(=O)[C@@H](Sc2nnc(Cc3ccccc3F)n2N)c2ccccc2)cc1. The second-order valence-corrected chi connectivity index (χ2v) is 8.24. The lowest BCUT2D eigenvalue weighted by atomic mass is 10.1. The molecule has 1 heterocycles. The summed E-state index contributed by atoms with van der Waals surface area (Å²) in [4.78, 5) is 13.2. The van der Waals surface area contributed by atoms with Crippen molar-refractivity contribution in [2.24, 2.45) is 0 Å². The zero-order valence-electron chi connectivity index (χ0n) is 17.8. The normalized spacial score (nSPS) is 11.7. The van der Waals surface area contributed by atoms with Crippen LogP contribution in [0, 0.1) is 5.82 Å². The monoisotopic (exact) mass is 463 g/mol. The smallest absolute Gasteiger partial charge is 0.242 e. The Hall–Kier alpha value is -3.85. The molecule has 4 rings (SSSR count). The Balaban J connectivity index is 1.56. The highest BCUT2D eigenvalue weighted by Crippen LogP contribution is 2.35. The molecule has 1 aromatic heterocycles. The second-order valence-electron chi connectivity index (χ2n) is 7.16. The summed E-state index contributed by atoms with van der Waals surface area (Å²) in [5, 5.41) is 10.9. The molecule has 0 radical (unpaired) electrons. The van der Waals surface area contributed by atoms with Crippen molar-refractivity contribution in [3.05, 3.63) is 102 Å². The highest BCUT2D eigenvalue weighted by Gasteiger charge is 2.25. The van der Waals surface area contributed by atoms with Gasteiger partial charge in [-0.15, -0.1) is 10.2 Å². The average Bonchev–Trinajstić information content (AvgIpc) is 3.18. The largest absolute Gasteiger partial charge is 0.497 e. The van der Waals surface area contributed by atoms with Crippen LogP contribution in [-0.2, 0) is 11.2 Å². The van der Waals surface area contributed by atoms with Crippen molar-refractivity contribution in [2.45, 2.75) is 16.8 Å². The Kier molecular flexibility index (Phi) is 6.89. The molecule has 0 unspecified atom stereocenters. The van der Waals surface area contributed by atoms with Crippen LogP contribution in [0.1, 0.15) is 22.2 Å². The molecule has 7 nitrogen and oxygen atoms in total. The van der Waals surface area contributed by atoms with Gasteiger partial charge in [0.25, 0.3) is 0 Å². The highest BCUT2D eigenvalue weighted by atomic mass is 32.2. The van der Waals surface area contributed by atoms with Crippen molar-refractivity contribution in [2.75, 3.05) is 18.3 Å². The molecule has 0 aliphatic heterocycles. The van der Waals surface area contributed by atoms with Crippen LogP contribution in [0.4, 0.5) is 10.1 Å². The predicted molar refractivity (Wildman–Crippen MR) is 126 cm³/mol. The van der Waals surface area contributed by atoms with E-state index in [1.54, 1.807) is 49.6 Å². The van der Waals surface area contributed by atoms with E-state index in [0.717, 1.165) is 5.56 Å². The van der Waals surface area contributed by atoms with Gasteiger partial charge in [0.05, 0.1) is 7.11 Å². The number of benzene rings is 3. The molecule has 4 aromatic rings. The van der Waals surface area contributed by atoms with E-state index in [-0.39, 0.29) is 18.1 Å². The van der Waals surface area contributed by atoms with Gasteiger partial charge in [-0.05, 0) is 41.5 Å². The number of hydrogen-bond acceptors (Lipinski definition) is 6. The van der Waals surface area contributed by atoms with Gasteiger partial charge in [-0.3, -0.25) is 4.79 Å². The van der Waals surface area contributed by atoms with Crippen molar-refractivity contribution in [1.29, 1.82) is 0 Å². The molecule has 9 heteroatoms. The third kappa shape index (κ3) is 5.32. The maximum Gasteiger partial charge on any atom is 0.242 e. The van der Waals surface area contributed by atoms with Gasteiger partial charge in [0.2, 0.25) is 11.1 Å². The van der Waals surface area contributed by atoms with E-state index in [1.165, 1.54) is 22.5 Å². The molecule has 0 saturated carbocycles. The summed E-state index contributed by atoms with van der Waals surface area (Å²) in [7, 11) is 1.58. The number of methoxy groups -OCH3 is 1. The molecule has 3 N–H and O–H groups in total. The molecular weight excluding hydrogens is 441 g/mol. The minimum atomic E-state index is -0.638. The van der Waals surface area contributed by atoms with Crippen molar-refractivity contribution in [3.8, 4) is 5.75 Å². The lowest BCUT2D eigenvalue weighted by Gasteiger charge is -2.16. The van der Waals surface area contributed by atoms with Gasteiger partial charge in [0.15, 0.2) is 5.82 Å². The van der Waals surface area contributed by atoms with E-state index in [4.69, 9.17) is 10.6 Å². The molecule has 0 aliphatic carbocycles. The lowest BCUT2D eigenvalue weighted by Crippen LogP contribution is -2.21. The molecule has 3 aromatic carbocycles. The molecule has 0 aliphatic rings. The van der Waals surface area contributed by atoms with E-state index in [0.29, 0.717) is 28.0 Å².